The quantitative estimate of drug-likeness (QED) is 0.129. The molecule has 0 amide bonds. The lowest BCUT2D eigenvalue weighted by Crippen LogP contribution is -2.10. The zero-order valence-electron chi connectivity index (χ0n) is 21.7. The molecule has 2 aliphatic carbocycles. The van der Waals surface area contributed by atoms with Gasteiger partial charge in [0.25, 0.3) is 0 Å². The van der Waals surface area contributed by atoms with Crippen LogP contribution in [0.3, 0.4) is 0 Å². The van der Waals surface area contributed by atoms with Crippen molar-refractivity contribution in [2.24, 2.45) is 17.8 Å². The summed E-state index contributed by atoms with van der Waals surface area (Å²) in [6, 6.07) is 0. The first-order chi connectivity index (χ1) is 15.8. The zero-order chi connectivity index (χ0) is 22.7. The topological polar surface area (TPSA) is 26.3 Å². The van der Waals surface area contributed by atoms with Crippen molar-refractivity contribution in [3.63, 3.8) is 0 Å². The summed E-state index contributed by atoms with van der Waals surface area (Å²) in [5, 5.41) is 0. The fourth-order valence-electron chi connectivity index (χ4n) is 6.09. The molecule has 0 heterocycles. The van der Waals surface area contributed by atoms with Crippen molar-refractivity contribution in [2.45, 2.75) is 161 Å². The maximum absolute atomic E-state index is 10.6. The maximum atomic E-state index is 10.6. The molecule has 0 aromatic heterocycles. The SMILES string of the molecule is CC(C=O)CCCCCCCCCCCCCCOC1CCC(CCCC2CCCC2)C1. The second kappa shape index (κ2) is 19.0. The van der Waals surface area contributed by atoms with E-state index in [1.165, 1.54) is 141 Å². The minimum atomic E-state index is 0.261. The van der Waals surface area contributed by atoms with Crippen LogP contribution in [0.25, 0.3) is 0 Å². The predicted octanol–water partition coefficient (Wildman–Crippen LogP) is 9.44. The normalized spacial score (nSPS) is 22.5. The van der Waals surface area contributed by atoms with Gasteiger partial charge in [-0.2, -0.15) is 0 Å². The Morgan fingerprint density at radius 1 is 0.688 bits per heavy atom. The molecule has 3 atom stereocenters. The Labute approximate surface area is 201 Å². The molecule has 0 bridgehead atoms. The average molecular weight is 449 g/mol. The molecule has 2 rings (SSSR count). The van der Waals surface area contributed by atoms with Gasteiger partial charge in [0.15, 0.2) is 0 Å². The predicted molar refractivity (Wildman–Crippen MR) is 138 cm³/mol. The second-order valence-electron chi connectivity index (χ2n) is 11.4. The Bertz CT molecular complexity index is 429. The van der Waals surface area contributed by atoms with Gasteiger partial charge in [0.05, 0.1) is 6.10 Å². The second-order valence-corrected chi connectivity index (χ2v) is 11.4. The van der Waals surface area contributed by atoms with E-state index in [2.05, 4.69) is 0 Å². The standard InChI is InChI=1S/C30H56O2/c1-27(26-31)17-12-10-8-6-4-2-3-5-7-9-11-15-24-32-30-23-22-29(25-30)21-16-20-28-18-13-14-19-28/h26-30H,2-25H2,1H3. The number of hydrogen-bond acceptors (Lipinski definition) is 2. The van der Waals surface area contributed by atoms with Crippen LogP contribution in [0, 0.1) is 17.8 Å². The number of unbranched alkanes of at least 4 members (excludes halogenated alkanes) is 11. The Morgan fingerprint density at radius 3 is 1.88 bits per heavy atom. The fraction of sp³-hybridized carbons (Fsp3) is 0.967. The number of aldehydes is 1. The molecule has 2 nitrogen and oxygen atoms in total. The van der Waals surface area contributed by atoms with Gasteiger partial charge in [0.1, 0.15) is 6.29 Å². The van der Waals surface area contributed by atoms with Crippen molar-refractivity contribution in [3.05, 3.63) is 0 Å². The highest BCUT2D eigenvalue weighted by molar-refractivity contribution is 5.52. The van der Waals surface area contributed by atoms with Gasteiger partial charge in [-0.3, -0.25) is 0 Å². The summed E-state index contributed by atoms with van der Waals surface area (Å²) in [6.07, 6.45) is 33.7. The van der Waals surface area contributed by atoms with E-state index in [0.29, 0.717) is 6.10 Å². The Kier molecular flexibility index (Phi) is 16.5. The largest absolute Gasteiger partial charge is 0.378 e. The molecule has 0 aromatic carbocycles. The van der Waals surface area contributed by atoms with E-state index in [1.54, 1.807) is 0 Å². The van der Waals surface area contributed by atoms with E-state index >= 15 is 0 Å². The average Bonchev–Trinajstić information content (AvgIpc) is 3.48. The third kappa shape index (κ3) is 14.0. The van der Waals surface area contributed by atoms with Crippen molar-refractivity contribution in [2.75, 3.05) is 6.61 Å². The summed E-state index contributed by atoms with van der Waals surface area (Å²) in [7, 11) is 0. The summed E-state index contributed by atoms with van der Waals surface area (Å²) in [4.78, 5) is 10.6. The Balaban J connectivity index is 1.26. The van der Waals surface area contributed by atoms with Crippen LogP contribution in [-0.2, 0) is 9.53 Å². The molecule has 2 fully saturated rings. The van der Waals surface area contributed by atoms with Gasteiger partial charge < -0.3 is 9.53 Å². The van der Waals surface area contributed by atoms with Crippen LogP contribution < -0.4 is 0 Å². The monoisotopic (exact) mass is 448 g/mol. The van der Waals surface area contributed by atoms with E-state index in [4.69, 9.17) is 4.74 Å². The first-order valence-electron chi connectivity index (χ1n) is 14.8. The molecule has 0 N–H and O–H groups in total. The fourth-order valence-corrected chi connectivity index (χ4v) is 6.09. The Morgan fingerprint density at radius 2 is 1.25 bits per heavy atom. The van der Waals surface area contributed by atoms with Gasteiger partial charge in [-0.05, 0) is 43.9 Å². The van der Waals surface area contributed by atoms with Crippen LogP contribution >= 0.6 is 0 Å². The van der Waals surface area contributed by atoms with Crippen LogP contribution in [0.15, 0.2) is 0 Å². The molecule has 0 aromatic rings. The summed E-state index contributed by atoms with van der Waals surface area (Å²) in [5.41, 5.74) is 0. The van der Waals surface area contributed by atoms with Gasteiger partial charge in [-0.15, -0.1) is 0 Å². The van der Waals surface area contributed by atoms with Crippen molar-refractivity contribution >= 4 is 6.29 Å². The highest BCUT2D eigenvalue weighted by Crippen LogP contribution is 2.34. The number of ether oxygens (including phenoxy) is 1. The number of carbonyl (C=O) groups is 1. The Hall–Kier alpha value is -0.370. The highest BCUT2D eigenvalue weighted by atomic mass is 16.5. The van der Waals surface area contributed by atoms with E-state index in [9.17, 15) is 4.79 Å². The van der Waals surface area contributed by atoms with Crippen LogP contribution in [-0.4, -0.2) is 19.0 Å². The van der Waals surface area contributed by atoms with Crippen molar-refractivity contribution in [1.82, 2.24) is 0 Å². The van der Waals surface area contributed by atoms with Crippen molar-refractivity contribution < 1.29 is 9.53 Å². The van der Waals surface area contributed by atoms with Crippen LogP contribution in [0.4, 0.5) is 0 Å². The first-order valence-corrected chi connectivity index (χ1v) is 14.8. The molecule has 2 heteroatoms. The lowest BCUT2D eigenvalue weighted by atomic mass is 9.95. The van der Waals surface area contributed by atoms with Crippen LogP contribution in [0.1, 0.15) is 155 Å². The molecule has 0 radical (unpaired) electrons. The van der Waals surface area contributed by atoms with Gasteiger partial charge in [-0.1, -0.05) is 122 Å². The van der Waals surface area contributed by atoms with Crippen molar-refractivity contribution in [1.29, 1.82) is 0 Å². The molecule has 2 aliphatic rings. The molecule has 0 spiro atoms. The third-order valence-corrected chi connectivity index (χ3v) is 8.33. The number of carbonyl (C=O) groups excluding carboxylic acids is 1. The summed E-state index contributed by atoms with van der Waals surface area (Å²) < 4.78 is 6.22. The minimum absolute atomic E-state index is 0.261. The summed E-state index contributed by atoms with van der Waals surface area (Å²) in [6.45, 7) is 3.04. The lowest BCUT2D eigenvalue weighted by molar-refractivity contribution is -0.110. The van der Waals surface area contributed by atoms with Crippen LogP contribution in [0.2, 0.25) is 0 Å². The molecule has 3 unspecified atom stereocenters. The van der Waals surface area contributed by atoms with Gasteiger partial charge in [0.2, 0.25) is 0 Å². The minimum Gasteiger partial charge on any atom is -0.378 e. The van der Waals surface area contributed by atoms with E-state index in [-0.39, 0.29) is 5.92 Å². The van der Waals surface area contributed by atoms with E-state index < -0.39 is 0 Å². The van der Waals surface area contributed by atoms with Crippen LogP contribution in [0.5, 0.6) is 0 Å². The molecular weight excluding hydrogens is 392 g/mol. The first kappa shape index (κ1) is 27.9. The summed E-state index contributed by atoms with van der Waals surface area (Å²) in [5.74, 6) is 2.30. The molecular formula is C30H56O2. The summed E-state index contributed by atoms with van der Waals surface area (Å²) >= 11 is 0. The van der Waals surface area contributed by atoms with Gasteiger partial charge >= 0.3 is 0 Å². The van der Waals surface area contributed by atoms with E-state index in [0.717, 1.165) is 31.1 Å². The van der Waals surface area contributed by atoms with Gasteiger partial charge in [0, 0.05) is 12.5 Å². The van der Waals surface area contributed by atoms with Crippen molar-refractivity contribution in [3.8, 4) is 0 Å². The third-order valence-electron chi connectivity index (χ3n) is 8.33. The smallest absolute Gasteiger partial charge is 0.122 e. The molecule has 32 heavy (non-hydrogen) atoms. The maximum Gasteiger partial charge on any atom is 0.122 e. The van der Waals surface area contributed by atoms with E-state index in [1.807, 2.05) is 6.92 Å². The molecule has 2 saturated carbocycles. The highest BCUT2D eigenvalue weighted by Gasteiger charge is 2.25. The number of hydrogen-bond donors (Lipinski definition) is 0. The van der Waals surface area contributed by atoms with Gasteiger partial charge in [-0.25, -0.2) is 0 Å². The lowest BCUT2D eigenvalue weighted by Gasteiger charge is -2.14. The molecule has 188 valence electrons. The molecule has 0 aliphatic heterocycles. The zero-order valence-corrected chi connectivity index (χ0v) is 21.7. The molecule has 0 saturated heterocycles. The number of rotatable bonds is 21.